The number of H-pyrrole nitrogens is 1. The lowest BCUT2D eigenvalue weighted by atomic mass is 9.92. The third-order valence-electron chi connectivity index (χ3n) is 8.67. The van der Waals surface area contributed by atoms with E-state index >= 15 is 0 Å². The van der Waals surface area contributed by atoms with Crippen molar-refractivity contribution in [1.29, 1.82) is 0 Å². The SMILES string of the molecule is Cc1ccc(CC(=O)N(C)c2ccc(-c3cnc4[nH]c5ccc(CS(=O)c6ccccc6)cc5c4c3-c3ccccc3)cc2)c(C)n1. The highest BCUT2D eigenvalue weighted by atomic mass is 32.2. The Balaban J connectivity index is 1.26. The predicted octanol–water partition coefficient (Wildman–Crippen LogP) is 8.58. The summed E-state index contributed by atoms with van der Waals surface area (Å²) >= 11 is 0. The van der Waals surface area contributed by atoms with E-state index in [1.54, 1.807) is 4.90 Å². The van der Waals surface area contributed by atoms with Gasteiger partial charge < -0.3 is 9.88 Å². The molecule has 7 heteroatoms. The van der Waals surface area contributed by atoms with Crippen molar-refractivity contribution in [3.8, 4) is 22.3 Å². The molecule has 4 aromatic carbocycles. The van der Waals surface area contributed by atoms with Crippen LogP contribution in [0.3, 0.4) is 0 Å². The number of aromatic amines is 1. The number of aromatic nitrogens is 3. The molecule has 0 fully saturated rings. The van der Waals surface area contributed by atoms with Gasteiger partial charge in [-0.15, -0.1) is 0 Å². The Morgan fingerprint density at radius 2 is 1.55 bits per heavy atom. The third kappa shape index (κ3) is 6.10. The molecule has 1 atom stereocenters. The summed E-state index contributed by atoms with van der Waals surface area (Å²) in [4.78, 5) is 28.6. The smallest absolute Gasteiger partial charge is 0.231 e. The quantitative estimate of drug-likeness (QED) is 0.182. The van der Waals surface area contributed by atoms with Crippen LogP contribution in [0.5, 0.6) is 0 Å². The molecule has 1 amide bonds. The summed E-state index contributed by atoms with van der Waals surface area (Å²) in [7, 11) is 0.656. The van der Waals surface area contributed by atoms with Crippen LogP contribution in [-0.4, -0.2) is 32.1 Å². The summed E-state index contributed by atoms with van der Waals surface area (Å²) in [6, 6.07) is 38.2. The number of carbonyl (C=O) groups excluding carboxylic acids is 1. The molecule has 6 nitrogen and oxygen atoms in total. The lowest BCUT2D eigenvalue weighted by Gasteiger charge is -2.19. The predicted molar refractivity (Wildman–Crippen MR) is 192 cm³/mol. The van der Waals surface area contributed by atoms with Gasteiger partial charge in [-0.2, -0.15) is 0 Å². The summed E-state index contributed by atoms with van der Waals surface area (Å²) in [5.74, 6) is 0.427. The Morgan fingerprint density at radius 1 is 0.830 bits per heavy atom. The van der Waals surface area contributed by atoms with Crippen LogP contribution in [0.4, 0.5) is 5.69 Å². The Morgan fingerprint density at radius 3 is 2.28 bits per heavy atom. The average molecular weight is 635 g/mol. The zero-order valence-corrected chi connectivity index (χ0v) is 27.3. The molecule has 47 heavy (non-hydrogen) atoms. The molecule has 3 heterocycles. The number of likely N-dealkylation sites (N-methyl/N-ethyl adjacent to an activating group) is 1. The Hall–Kier alpha value is -5.40. The van der Waals surface area contributed by atoms with E-state index in [1.165, 1.54) is 0 Å². The number of amides is 1. The molecule has 0 aliphatic carbocycles. The fourth-order valence-electron chi connectivity index (χ4n) is 6.12. The van der Waals surface area contributed by atoms with Crippen molar-refractivity contribution < 1.29 is 9.00 Å². The van der Waals surface area contributed by atoms with Crippen molar-refractivity contribution >= 4 is 44.3 Å². The number of hydrogen-bond donors (Lipinski definition) is 1. The normalized spacial score (nSPS) is 12.0. The molecule has 0 saturated heterocycles. The maximum atomic E-state index is 13.2. The monoisotopic (exact) mass is 634 g/mol. The molecule has 0 radical (unpaired) electrons. The van der Waals surface area contributed by atoms with E-state index in [9.17, 15) is 9.00 Å². The van der Waals surface area contributed by atoms with Crippen LogP contribution in [0, 0.1) is 13.8 Å². The molecule has 7 aromatic rings. The number of fused-ring (bicyclic) bond motifs is 3. The standard InChI is InChI=1S/C40H34N4O2S/c1-26-14-16-31(27(2)42-26)23-37(45)44(3)32-19-17-29(18-20-32)35-24-41-40-39(38(35)30-10-6-4-7-11-30)34-22-28(15-21-36(34)43-40)25-47(46)33-12-8-5-9-13-33/h4-22,24H,23,25H2,1-3H3,(H,41,43). The molecule has 0 aliphatic rings. The molecule has 0 saturated carbocycles. The van der Waals surface area contributed by atoms with E-state index in [4.69, 9.17) is 4.98 Å². The molecular formula is C40H34N4O2S. The summed E-state index contributed by atoms with van der Waals surface area (Å²) in [6.07, 6.45) is 2.21. The van der Waals surface area contributed by atoms with Crippen LogP contribution in [-0.2, 0) is 27.8 Å². The van der Waals surface area contributed by atoms with Crippen molar-refractivity contribution in [2.24, 2.45) is 0 Å². The van der Waals surface area contributed by atoms with Crippen molar-refractivity contribution in [1.82, 2.24) is 15.0 Å². The molecule has 7 rings (SSSR count). The minimum absolute atomic E-state index is 0.00218. The minimum atomic E-state index is -1.15. The number of carbonyl (C=O) groups is 1. The number of anilines is 1. The molecule has 232 valence electrons. The maximum absolute atomic E-state index is 13.2. The Kier molecular flexibility index (Phi) is 8.23. The first-order chi connectivity index (χ1) is 22.9. The van der Waals surface area contributed by atoms with E-state index in [0.29, 0.717) is 5.75 Å². The number of nitrogens with one attached hydrogen (secondary N) is 1. The largest absolute Gasteiger partial charge is 0.339 e. The fraction of sp³-hybridized carbons (Fsp3) is 0.125. The topological polar surface area (TPSA) is 79.0 Å². The minimum Gasteiger partial charge on any atom is -0.339 e. The number of rotatable bonds is 8. The lowest BCUT2D eigenvalue weighted by molar-refractivity contribution is -0.117. The van der Waals surface area contributed by atoms with Crippen LogP contribution >= 0.6 is 0 Å². The summed E-state index contributed by atoms with van der Waals surface area (Å²) in [5, 5.41) is 2.06. The van der Waals surface area contributed by atoms with Crippen molar-refractivity contribution in [3.63, 3.8) is 0 Å². The van der Waals surface area contributed by atoms with Gasteiger partial charge in [-0.25, -0.2) is 4.98 Å². The fourth-order valence-corrected chi connectivity index (χ4v) is 7.23. The second-order valence-corrected chi connectivity index (χ2v) is 13.3. The van der Waals surface area contributed by atoms with Crippen molar-refractivity contribution in [3.05, 3.63) is 144 Å². The van der Waals surface area contributed by atoms with Gasteiger partial charge in [0.05, 0.1) is 23.0 Å². The summed E-state index contributed by atoms with van der Waals surface area (Å²) < 4.78 is 13.2. The first kappa shape index (κ1) is 30.3. The second kappa shape index (κ2) is 12.8. The Labute approximate surface area is 276 Å². The van der Waals surface area contributed by atoms with Crippen molar-refractivity contribution in [2.75, 3.05) is 11.9 Å². The average Bonchev–Trinajstić information content (AvgIpc) is 3.47. The van der Waals surface area contributed by atoms with Crippen molar-refractivity contribution in [2.45, 2.75) is 30.9 Å². The first-order valence-electron chi connectivity index (χ1n) is 15.6. The molecular weight excluding hydrogens is 601 g/mol. The van der Waals surface area contributed by atoms with Crippen LogP contribution < -0.4 is 4.90 Å². The number of aryl methyl sites for hydroxylation is 2. The van der Waals surface area contributed by atoms with Gasteiger partial charge in [0.25, 0.3) is 0 Å². The number of hydrogen-bond acceptors (Lipinski definition) is 4. The van der Waals surface area contributed by atoms with Crippen LogP contribution in [0.15, 0.2) is 126 Å². The highest BCUT2D eigenvalue weighted by Crippen LogP contribution is 2.41. The highest BCUT2D eigenvalue weighted by Gasteiger charge is 2.19. The second-order valence-electron chi connectivity index (χ2n) is 11.8. The first-order valence-corrected chi connectivity index (χ1v) is 16.9. The summed E-state index contributed by atoms with van der Waals surface area (Å²) in [5.41, 5.74) is 10.5. The van der Waals surface area contributed by atoms with Gasteiger partial charge in [0.2, 0.25) is 5.91 Å². The van der Waals surface area contributed by atoms with Gasteiger partial charge in [-0.1, -0.05) is 72.8 Å². The van der Waals surface area contributed by atoms with E-state index in [1.807, 2.05) is 106 Å². The summed E-state index contributed by atoms with van der Waals surface area (Å²) in [6.45, 7) is 3.90. The number of pyridine rings is 2. The van der Waals surface area contributed by atoms with Gasteiger partial charge >= 0.3 is 0 Å². The molecule has 1 unspecified atom stereocenters. The van der Waals surface area contributed by atoms with E-state index < -0.39 is 10.8 Å². The van der Waals surface area contributed by atoms with E-state index in [2.05, 4.69) is 46.4 Å². The number of benzene rings is 4. The third-order valence-corrected chi connectivity index (χ3v) is 10.1. The molecule has 0 spiro atoms. The highest BCUT2D eigenvalue weighted by molar-refractivity contribution is 7.84. The number of nitrogens with zero attached hydrogens (tertiary/aromatic N) is 3. The van der Waals surface area contributed by atoms with Gasteiger partial charge in [0.15, 0.2) is 0 Å². The maximum Gasteiger partial charge on any atom is 0.231 e. The van der Waals surface area contributed by atoms with E-state index in [0.717, 1.165) is 77.3 Å². The van der Waals surface area contributed by atoms with Gasteiger partial charge in [0, 0.05) is 62.6 Å². The molecule has 0 bridgehead atoms. The van der Waals surface area contributed by atoms with Gasteiger partial charge in [0.1, 0.15) is 5.65 Å². The van der Waals surface area contributed by atoms with Gasteiger partial charge in [-0.3, -0.25) is 14.0 Å². The molecule has 3 aromatic heterocycles. The van der Waals surface area contributed by atoms with Crippen LogP contribution in [0.2, 0.25) is 0 Å². The van der Waals surface area contributed by atoms with Crippen LogP contribution in [0.1, 0.15) is 22.5 Å². The van der Waals surface area contributed by atoms with Crippen LogP contribution in [0.25, 0.3) is 44.2 Å². The Bertz CT molecular complexity index is 2260. The molecule has 0 aliphatic heterocycles. The molecule has 1 N–H and O–H groups in total. The zero-order valence-electron chi connectivity index (χ0n) is 26.5. The lowest BCUT2D eigenvalue weighted by Crippen LogP contribution is -2.28. The van der Waals surface area contributed by atoms with Gasteiger partial charge in [-0.05, 0) is 78.6 Å². The zero-order chi connectivity index (χ0) is 32.5. The van der Waals surface area contributed by atoms with E-state index in [-0.39, 0.29) is 12.3 Å².